The van der Waals surface area contributed by atoms with Gasteiger partial charge in [-0.15, -0.1) is 0 Å². The van der Waals surface area contributed by atoms with Crippen molar-refractivity contribution in [3.8, 4) is 0 Å². The van der Waals surface area contributed by atoms with Crippen molar-refractivity contribution in [1.82, 2.24) is 9.80 Å². The third-order valence-electron chi connectivity index (χ3n) is 5.85. The molecule has 0 spiro atoms. The van der Waals surface area contributed by atoms with Gasteiger partial charge in [0.2, 0.25) is 5.91 Å². The van der Waals surface area contributed by atoms with Crippen LogP contribution in [-0.2, 0) is 11.2 Å². The average molecular weight is 343 g/mol. The second kappa shape index (κ2) is 9.38. The molecule has 3 rings (SSSR count). The highest BCUT2D eigenvalue weighted by molar-refractivity contribution is 5.80. The zero-order valence-corrected chi connectivity index (χ0v) is 15.9. The number of hydrogen-bond acceptors (Lipinski definition) is 2. The highest BCUT2D eigenvalue weighted by Crippen LogP contribution is 2.32. The highest BCUT2D eigenvalue weighted by Gasteiger charge is 2.36. The van der Waals surface area contributed by atoms with Crippen LogP contribution in [0.2, 0.25) is 0 Å². The van der Waals surface area contributed by atoms with E-state index in [0.29, 0.717) is 12.5 Å². The SMILES string of the molecule is CCCCCCCCCCN1CC(=O)N2CCc3ccccc3C2C1. The predicted molar refractivity (Wildman–Crippen MR) is 104 cm³/mol. The quantitative estimate of drug-likeness (QED) is 0.614. The first-order valence-electron chi connectivity index (χ1n) is 10.4. The van der Waals surface area contributed by atoms with Gasteiger partial charge in [-0.2, -0.15) is 0 Å². The van der Waals surface area contributed by atoms with Crippen molar-refractivity contribution < 1.29 is 4.79 Å². The number of fused-ring (bicyclic) bond motifs is 3. The fourth-order valence-corrected chi connectivity index (χ4v) is 4.38. The Bertz CT molecular complexity index is 557. The van der Waals surface area contributed by atoms with Crippen molar-refractivity contribution >= 4 is 5.91 Å². The molecule has 1 aromatic rings. The first kappa shape index (κ1) is 18.4. The summed E-state index contributed by atoms with van der Waals surface area (Å²) in [6.45, 7) is 5.87. The summed E-state index contributed by atoms with van der Waals surface area (Å²) in [6.07, 6.45) is 11.8. The lowest BCUT2D eigenvalue weighted by molar-refractivity contribution is -0.140. The van der Waals surface area contributed by atoms with E-state index in [-0.39, 0.29) is 6.04 Å². The number of rotatable bonds is 9. The summed E-state index contributed by atoms with van der Waals surface area (Å²) in [4.78, 5) is 17.1. The number of unbranched alkanes of at least 4 members (excludes halogenated alkanes) is 7. The van der Waals surface area contributed by atoms with Gasteiger partial charge in [0.05, 0.1) is 12.6 Å². The lowest BCUT2D eigenvalue weighted by Crippen LogP contribution is -2.54. The second-order valence-corrected chi connectivity index (χ2v) is 7.76. The molecule has 0 N–H and O–H groups in total. The van der Waals surface area contributed by atoms with E-state index < -0.39 is 0 Å². The van der Waals surface area contributed by atoms with Crippen LogP contribution in [0.5, 0.6) is 0 Å². The Labute approximate surface area is 153 Å². The van der Waals surface area contributed by atoms with Crippen LogP contribution in [0.3, 0.4) is 0 Å². The van der Waals surface area contributed by atoms with Crippen molar-refractivity contribution in [3.63, 3.8) is 0 Å². The molecule has 0 bridgehead atoms. The monoisotopic (exact) mass is 342 g/mol. The topological polar surface area (TPSA) is 23.6 Å². The van der Waals surface area contributed by atoms with E-state index in [0.717, 1.165) is 26.1 Å². The smallest absolute Gasteiger partial charge is 0.237 e. The fraction of sp³-hybridized carbons (Fsp3) is 0.682. The lowest BCUT2D eigenvalue weighted by Gasteiger charge is -2.44. The van der Waals surface area contributed by atoms with E-state index in [9.17, 15) is 4.79 Å². The number of carbonyl (C=O) groups excluding carboxylic acids is 1. The molecular formula is C22H34N2O. The Hall–Kier alpha value is -1.35. The van der Waals surface area contributed by atoms with E-state index in [4.69, 9.17) is 0 Å². The van der Waals surface area contributed by atoms with E-state index in [1.807, 2.05) is 0 Å². The van der Waals surface area contributed by atoms with Crippen molar-refractivity contribution in [3.05, 3.63) is 35.4 Å². The Morgan fingerprint density at radius 3 is 2.52 bits per heavy atom. The van der Waals surface area contributed by atoms with Crippen LogP contribution >= 0.6 is 0 Å². The molecule has 3 heteroatoms. The molecule has 138 valence electrons. The number of hydrogen-bond donors (Lipinski definition) is 0. The fourth-order valence-electron chi connectivity index (χ4n) is 4.38. The van der Waals surface area contributed by atoms with Gasteiger partial charge < -0.3 is 4.90 Å². The molecule has 2 aliphatic rings. The van der Waals surface area contributed by atoms with Crippen LogP contribution in [-0.4, -0.2) is 41.9 Å². The summed E-state index contributed by atoms with van der Waals surface area (Å²) in [5.74, 6) is 0.324. The Balaban J connectivity index is 1.44. The molecular weight excluding hydrogens is 308 g/mol. The highest BCUT2D eigenvalue weighted by atomic mass is 16.2. The van der Waals surface area contributed by atoms with Crippen LogP contribution < -0.4 is 0 Å². The molecule has 1 fully saturated rings. The Morgan fingerprint density at radius 1 is 1.00 bits per heavy atom. The van der Waals surface area contributed by atoms with E-state index in [1.165, 1.54) is 62.5 Å². The average Bonchev–Trinajstić information content (AvgIpc) is 2.64. The maximum atomic E-state index is 12.6. The summed E-state index contributed by atoms with van der Waals surface area (Å²) >= 11 is 0. The molecule has 1 unspecified atom stereocenters. The van der Waals surface area contributed by atoms with Gasteiger partial charge in [-0.05, 0) is 30.5 Å². The van der Waals surface area contributed by atoms with Crippen molar-refractivity contribution in [2.45, 2.75) is 70.8 Å². The minimum absolute atomic E-state index is 0.278. The maximum Gasteiger partial charge on any atom is 0.237 e. The van der Waals surface area contributed by atoms with Gasteiger partial charge in [0.1, 0.15) is 0 Å². The molecule has 3 nitrogen and oxygen atoms in total. The Morgan fingerprint density at radius 2 is 1.72 bits per heavy atom. The lowest BCUT2D eigenvalue weighted by atomic mass is 9.90. The van der Waals surface area contributed by atoms with Crippen molar-refractivity contribution in [2.24, 2.45) is 0 Å². The molecule has 0 aliphatic carbocycles. The minimum atomic E-state index is 0.278. The van der Waals surface area contributed by atoms with Gasteiger partial charge in [-0.1, -0.05) is 76.1 Å². The third-order valence-corrected chi connectivity index (χ3v) is 5.85. The Kier molecular flexibility index (Phi) is 6.92. The summed E-state index contributed by atoms with van der Waals surface area (Å²) in [6, 6.07) is 8.97. The van der Waals surface area contributed by atoms with Crippen LogP contribution in [0.25, 0.3) is 0 Å². The number of nitrogens with zero attached hydrogens (tertiary/aromatic N) is 2. The zero-order chi connectivity index (χ0) is 17.5. The van der Waals surface area contributed by atoms with Crippen LogP contribution in [0.15, 0.2) is 24.3 Å². The second-order valence-electron chi connectivity index (χ2n) is 7.76. The summed E-state index contributed by atoms with van der Waals surface area (Å²) in [7, 11) is 0. The molecule has 25 heavy (non-hydrogen) atoms. The maximum absolute atomic E-state index is 12.6. The van der Waals surface area contributed by atoms with Gasteiger partial charge in [0.25, 0.3) is 0 Å². The summed E-state index contributed by atoms with van der Waals surface area (Å²) < 4.78 is 0. The standard InChI is InChI=1S/C22H34N2O/c1-2-3-4-5-6-7-8-11-15-23-17-21-20-13-10-9-12-19(20)14-16-24(21)22(25)18-23/h9-10,12-13,21H,2-8,11,14-18H2,1H3. The number of benzene rings is 1. The third kappa shape index (κ3) is 4.84. The molecule has 1 aromatic carbocycles. The molecule has 0 radical (unpaired) electrons. The predicted octanol–water partition coefficient (Wildman–Crippen LogP) is 4.57. The molecule has 1 atom stereocenters. The van der Waals surface area contributed by atoms with Crippen molar-refractivity contribution in [1.29, 1.82) is 0 Å². The first-order valence-corrected chi connectivity index (χ1v) is 10.4. The van der Waals surface area contributed by atoms with E-state index in [1.54, 1.807) is 0 Å². The van der Waals surface area contributed by atoms with Crippen LogP contribution in [0.4, 0.5) is 0 Å². The molecule has 2 heterocycles. The van der Waals surface area contributed by atoms with Gasteiger partial charge in [-0.25, -0.2) is 0 Å². The van der Waals surface area contributed by atoms with Gasteiger partial charge in [0, 0.05) is 13.1 Å². The normalized spacial score (nSPS) is 20.4. The molecule has 0 aromatic heterocycles. The summed E-state index contributed by atoms with van der Waals surface area (Å²) in [5, 5.41) is 0. The van der Waals surface area contributed by atoms with Gasteiger partial charge in [-0.3, -0.25) is 9.69 Å². The van der Waals surface area contributed by atoms with E-state index >= 15 is 0 Å². The number of amides is 1. The molecule has 1 saturated heterocycles. The molecule has 0 saturated carbocycles. The molecule has 2 aliphatic heterocycles. The first-order chi connectivity index (χ1) is 12.3. The number of carbonyl (C=O) groups is 1. The zero-order valence-electron chi connectivity index (χ0n) is 15.9. The van der Waals surface area contributed by atoms with Gasteiger partial charge in [0.15, 0.2) is 0 Å². The van der Waals surface area contributed by atoms with E-state index in [2.05, 4.69) is 41.0 Å². The summed E-state index contributed by atoms with van der Waals surface area (Å²) in [5.41, 5.74) is 2.81. The van der Waals surface area contributed by atoms with Crippen LogP contribution in [0.1, 0.15) is 75.5 Å². The number of piperazine rings is 1. The largest absolute Gasteiger partial charge is 0.333 e. The molecule has 1 amide bonds. The van der Waals surface area contributed by atoms with Crippen LogP contribution in [0, 0.1) is 0 Å². The van der Waals surface area contributed by atoms with Crippen molar-refractivity contribution in [2.75, 3.05) is 26.2 Å². The minimum Gasteiger partial charge on any atom is -0.333 e. The van der Waals surface area contributed by atoms with Gasteiger partial charge >= 0.3 is 0 Å².